The number of methoxy groups -OCH3 is 1. The van der Waals surface area contributed by atoms with Gasteiger partial charge in [-0.3, -0.25) is 4.79 Å². The number of carbonyl (C=O) groups is 2. The van der Waals surface area contributed by atoms with Gasteiger partial charge in [-0.25, -0.2) is 4.79 Å². The first kappa shape index (κ1) is 21.4. The molecule has 6 nitrogen and oxygen atoms in total. The van der Waals surface area contributed by atoms with E-state index < -0.39 is 17.4 Å². The number of rotatable bonds is 9. The Morgan fingerprint density at radius 3 is 2.54 bits per heavy atom. The van der Waals surface area contributed by atoms with Crippen LogP contribution in [0.15, 0.2) is 48.5 Å². The Hall–Kier alpha value is -2.86. The van der Waals surface area contributed by atoms with E-state index in [1.807, 2.05) is 30.3 Å². The quantitative estimate of drug-likeness (QED) is 0.483. The Morgan fingerprint density at radius 2 is 1.93 bits per heavy atom. The minimum atomic E-state index is -1.55. The molecular weight excluding hydrogens is 380 g/mol. The van der Waals surface area contributed by atoms with Crippen LogP contribution in [0.5, 0.6) is 5.75 Å². The minimum Gasteiger partial charge on any atom is -0.495 e. The second-order valence-corrected chi connectivity index (χ2v) is 6.53. The van der Waals surface area contributed by atoms with Gasteiger partial charge < -0.3 is 20.2 Å². The molecule has 1 atom stereocenters. The zero-order chi connectivity index (χ0) is 20.6. The van der Waals surface area contributed by atoms with Crippen molar-refractivity contribution in [1.82, 2.24) is 5.32 Å². The van der Waals surface area contributed by atoms with Crippen LogP contribution in [0.2, 0.25) is 5.02 Å². The van der Waals surface area contributed by atoms with Gasteiger partial charge in [-0.2, -0.15) is 0 Å². The Bertz CT molecular complexity index is 842. The third-order valence-corrected chi connectivity index (χ3v) is 4.63. The Morgan fingerprint density at radius 1 is 1.21 bits per heavy atom. The van der Waals surface area contributed by atoms with Gasteiger partial charge in [-0.15, -0.1) is 0 Å². The normalized spacial score (nSPS) is 12.5. The molecule has 0 aromatic heterocycles. The zero-order valence-electron chi connectivity index (χ0n) is 15.8. The molecule has 0 bridgehead atoms. The number of alkyl carbamates (subject to hydrolysis) is 1. The summed E-state index contributed by atoms with van der Waals surface area (Å²) >= 11 is 6.05. The molecule has 0 spiro atoms. The lowest BCUT2D eigenvalue weighted by atomic mass is 9.84. The number of hydrogen-bond acceptors (Lipinski definition) is 5. The molecule has 28 heavy (non-hydrogen) atoms. The topological polar surface area (TPSA) is 88.5 Å². The van der Waals surface area contributed by atoms with Crippen molar-refractivity contribution in [2.75, 3.05) is 13.7 Å². The van der Waals surface area contributed by atoms with E-state index in [1.54, 1.807) is 19.1 Å². The number of ether oxygens (including phenoxy) is 2. The van der Waals surface area contributed by atoms with Gasteiger partial charge in [0.2, 0.25) is 0 Å². The average molecular weight is 403 g/mol. The van der Waals surface area contributed by atoms with Crippen LogP contribution in [0.25, 0.3) is 0 Å². The minimum absolute atomic E-state index is 0.154. The summed E-state index contributed by atoms with van der Waals surface area (Å²) in [5.74, 6) is -0.105. The lowest BCUT2D eigenvalue weighted by Crippen LogP contribution is -2.56. The highest BCUT2D eigenvalue weighted by molar-refractivity contribution is 6.32. The molecule has 0 saturated heterocycles. The molecule has 7 heteroatoms. The van der Waals surface area contributed by atoms with Gasteiger partial charge in [0, 0.05) is 11.8 Å². The molecule has 0 radical (unpaired) electrons. The van der Waals surface area contributed by atoms with Crippen LogP contribution < -0.4 is 10.1 Å². The lowest BCUT2D eigenvalue weighted by Gasteiger charge is -2.29. The highest BCUT2D eigenvalue weighted by Gasteiger charge is 2.39. The molecular formula is C21H23ClN2O4. The molecule has 0 aliphatic rings. The van der Waals surface area contributed by atoms with Crippen LogP contribution in [0.1, 0.15) is 29.3 Å². The smallest absolute Gasteiger partial charge is 0.408 e. The summed E-state index contributed by atoms with van der Waals surface area (Å²) in [6.45, 7) is 1.82. The van der Waals surface area contributed by atoms with E-state index in [4.69, 9.17) is 26.5 Å². The summed E-state index contributed by atoms with van der Waals surface area (Å²) in [6, 6.07) is 14.1. The third kappa shape index (κ3) is 5.10. The van der Waals surface area contributed by atoms with Gasteiger partial charge >= 0.3 is 6.09 Å². The average Bonchev–Trinajstić information content (AvgIpc) is 2.72. The van der Waals surface area contributed by atoms with Gasteiger partial charge in [0.05, 0.1) is 18.7 Å². The van der Waals surface area contributed by atoms with Gasteiger partial charge in [0.15, 0.2) is 5.78 Å². The number of halogens is 1. The first-order chi connectivity index (χ1) is 13.5. The van der Waals surface area contributed by atoms with Crippen LogP contribution in [0.3, 0.4) is 0 Å². The molecule has 2 N–H and O–H groups in total. The summed E-state index contributed by atoms with van der Waals surface area (Å²) < 4.78 is 10.1. The summed E-state index contributed by atoms with van der Waals surface area (Å²) in [5.41, 5.74) is -0.295. The standard InChI is InChI=1S/C21H23ClN2O4/c1-3-28-20(26)24-21(14-23,12-11-15-7-5-4-6-8-15)19(25)16-9-10-17(22)18(13-16)27-2/h4-10,13-14,23H,3,11-12H2,1-2H3,(H,24,26)/t21-/m1/s1. The van der Waals surface area contributed by atoms with E-state index >= 15 is 0 Å². The Labute approximate surface area is 169 Å². The zero-order valence-corrected chi connectivity index (χ0v) is 16.6. The van der Waals surface area contributed by atoms with Crippen LogP contribution in [-0.4, -0.2) is 37.3 Å². The largest absolute Gasteiger partial charge is 0.495 e. The van der Waals surface area contributed by atoms with Crippen LogP contribution in [0.4, 0.5) is 4.79 Å². The number of ketones is 1. The number of Topliss-reactive ketones (excluding diaryl/α,β-unsaturated/α-hetero) is 1. The van der Waals surface area contributed by atoms with Crippen molar-refractivity contribution in [3.8, 4) is 5.75 Å². The van der Waals surface area contributed by atoms with Crippen molar-refractivity contribution in [2.45, 2.75) is 25.3 Å². The molecule has 0 heterocycles. The van der Waals surface area contributed by atoms with Crippen LogP contribution >= 0.6 is 11.6 Å². The first-order valence-electron chi connectivity index (χ1n) is 8.84. The van der Waals surface area contributed by atoms with Crippen LogP contribution in [0, 0.1) is 5.41 Å². The first-order valence-corrected chi connectivity index (χ1v) is 9.22. The van der Waals surface area contributed by atoms with Gasteiger partial charge in [0.25, 0.3) is 0 Å². The molecule has 0 aliphatic carbocycles. The molecule has 1 amide bonds. The maximum Gasteiger partial charge on any atom is 0.408 e. The molecule has 148 valence electrons. The summed E-state index contributed by atoms with van der Waals surface area (Å²) in [7, 11) is 1.45. The van der Waals surface area contributed by atoms with Crippen molar-refractivity contribution >= 4 is 29.7 Å². The van der Waals surface area contributed by atoms with Gasteiger partial charge in [0.1, 0.15) is 11.3 Å². The fourth-order valence-corrected chi connectivity index (χ4v) is 3.00. The van der Waals surface area contributed by atoms with E-state index in [1.165, 1.54) is 13.2 Å². The highest BCUT2D eigenvalue weighted by Crippen LogP contribution is 2.28. The predicted octanol–water partition coefficient (Wildman–Crippen LogP) is 4.30. The van der Waals surface area contributed by atoms with Gasteiger partial charge in [-0.1, -0.05) is 41.9 Å². The third-order valence-electron chi connectivity index (χ3n) is 4.32. The Kier molecular flexibility index (Phi) is 7.58. The van der Waals surface area contributed by atoms with E-state index in [9.17, 15) is 9.59 Å². The second-order valence-electron chi connectivity index (χ2n) is 6.13. The molecule has 2 aromatic carbocycles. The summed E-state index contributed by atoms with van der Waals surface area (Å²) in [4.78, 5) is 25.4. The van der Waals surface area contributed by atoms with E-state index in [0.29, 0.717) is 17.2 Å². The van der Waals surface area contributed by atoms with Crippen molar-refractivity contribution in [3.63, 3.8) is 0 Å². The molecule has 2 aromatic rings. The monoisotopic (exact) mass is 402 g/mol. The number of benzene rings is 2. The highest BCUT2D eigenvalue weighted by atomic mass is 35.5. The van der Waals surface area contributed by atoms with Crippen molar-refractivity contribution in [2.24, 2.45) is 0 Å². The maximum atomic E-state index is 13.3. The number of aryl methyl sites for hydroxylation is 1. The fraction of sp³-hybridized carbons (Fsp3) is 0.286. The van der Waals surface area contributed by atoms with Crippen LogP contribution in [-0.2, 0) is 11.2 Å². The van der Waals surface area contributed by atoms with E-state index in [0.717, 1.165) is 11.8 Å². The molecule has 0 unspecified atom stereocenters. The van der Waals surface area contributed by atoms with Crippen molar-refractivity contribution in [3.05, 3.63) is 64.7 Å². The Balaban J connectivity index is 2.38. The second kappa shape index (κ2) is 9.90. The summed E-state index contributed by atoms with van der Waals surface area (Å²) in [6.07, 6.45) is 0.881. The maximum absolute atomic E-state index is 13.3. The lowest BCUT2D eigenvalue weighted by molar-refractivity contribution is 0.0878. The number of hydrogen-bond donors (Lipinski definition) is 2. The number of nitrogens with one attached hydrogen (secondary N) is 2. The van der Waals surface area contributed by atoms with E-state index in [-0.39, 0.29) is 18.6 Å². The molecule has 2 rings (SSSR count). The number of carbonyl (C=O) groups excluding carboxylic acids is 2. The van der Waals surface area contributed by atoms with E-state index in [2.05, 4.69) is 5.32 Å². The SMILES string of the molecule is CCOC(=O)N[C@@](C=N)(CCc1ccccc1)C(=O)c1ccc(Cl)c(OC)c1. The fourth-order valence-electron chi connectivity index (χ4n) is 2.80. The predicted molar refractivity (Wildman–Crippen MR) is 109 cm³/mol. The molecule has 0 fully saturated rings. The van der Waals surface area contributed by atoms with Crippen molar-refractivity contribution in [1.29, 1.82) is 5.41 Å². The summed E-state index contributed by atoms with van der Waals surface area (Å²) in [5, 5.41) is 10.9. The number of amides is 1. The molecule has 0 aliphatic heterocycles. The van der Waals surface area contributed by atoms with Crippen molar-refractivity contribution < 1.29 is 19.1 Å². The van der Waals surface area contributed by atoms with Gasteiger partial charge in [-0.05, 0) is 43.5 Å². The molecule has 0 saturated carbocycles.